The molecule has 0 bridgehead atoms. The molecule has 2 aromatic heterocycles. The van der Waals surface area contributed by atoms with Crippen LogP contribution in [-0.4, -0.2) is 23.0 Å². The van der Waals surface area contributed by atoms with E-state index in [1.165, 1.54) is 51.2 Å². The van der Waals surface area contributed by atoms with Crippen LogP contribution in [0.2, 0.25) is 18.1 Å². The number of nitrogens with zero attached hydrogens (tertiary/aromatic N) is 3. The molecule has 0 fully saturated rings. The summed E-state index contributed by atoms with van der Waals surface area (Å²) < 4.78 is 6.23. The van der Waals surface area contributed by atoms with Crippen LogP contribution in [0.15, 0.2) is 199 Å². The van der Waals surface area contributed by atoms with E-state index in [0.29, 0.717) is 17.5 Å². The minimum atomic E-state index is -1.56. The van der Waals surface area contributed by atoms with Gasteiger partial charge >= 0.3 is 0 Å². The Hall–Kier alpha value is -7.21. The van der Waals surface area contributed by atoms with Crippen molar-refractivity contribution in [3.63, 3.8) is 0 Å². The fourth-order valence-corrected chi connectivity index (χ4v) is 13.0. The highest BCUT2D eigenvalue weighted by molar-refractivity contribution is 6.93. The van der Waals surface area contributed by atoms with Gasteiger partial charge in [0.15, 0.2) is 17.5 Å². The highest BCUT2D eigenvalue weighted by Gasteiger charge is 2.31. The molecule has 10 aromatic rings. The molecule has 0 aliphatic rings. The molecular weight excluding hydrogens is 771 g/mol. The van der Waals surface area contributed by atoms with Crippen molar-refractivity contribution in [1.82, 2.24) is 15.0 Å². The monoisotopic (exact) mass is 817 g/mol. The maximum Gasteiger partial charge on any atom is 0.164 e. The third-order valence-corrected chi connectivity index (χ3v) is 18.5. The third kappa shape index (κ3) is 7.35. The molecule has 0 saturated carbocycles. The lowest BCUT2D eigenvalue weighted by molar-refractivity contribution is 0.631. The van der Waals surface area contributed by atoms with Crippen LogP contribution >= 0.6 is 0 Å². The zero-order chi connectivity index (χ0) is 42.0. The third-order valence-electron chi connectivity index (χ3n) is 12.9. The van der Waals surface area contributed by atoms with Crippen LogP contribution in [0.3, 0.4) is 0 Å². The SMILES string of the molecule is CC[Si](CC)(CC)c1ccc(-c2ccc(-c3cccc(-c4cccc(-c5nc(-c6ccccc6)nc(-c6cccc(-c7cc8ccccc8o7)c6)n5)c4)c3)cc2)c2ccccc12. The Morgan fingerprint density at radius 3 is 1.50 bits per heavy atom. The Kier molecular flexibility index (Phi) is 10.5. The van der Waals surface area contributed by atoms with E-state index in [2.05, 4.69) is 154 Å². The minimum absolute atomic E-state index is 0.601. The Labute approximate surface area is 364 Å². The molecule has 0 N–H and O–H groups in total. The molecule has 0 amide bonds. The van der Waals surface area contributed by atoms with Crippen molar-refractivity contribution in [2.75, 3.05) is 0 Å². The van der Waals surface area contributed by atoms with Gasteiger partial charge in [0, 0.05) is 27.6 Å². The van der Waals surface area contributed by atoms with Crippen molar-refractivity contribution in [2.45, 2.75) is 38.9 Å². The summed E-state index contributed by atoms with van der Waals surface area (Å²) in [5.74, 6) is 2.64. The van der Waals surface area contributed by atoms with Gasteiger partial charge in [0.25, 0.3) is 0 Å². The van der Waals surface area contributed by atoms with E-state index < -0.39 is 8.07 Å². The lowest BCUT2D eigenvalue weighted by Gasteiger charge is -2.30. The standard InChI is InChI=1S/C57H47N3OSi/c1-4-62(5-2,6-3)54-34-33-49(50-26-11-12-27-51(50)54)40-31-29-39(30-32-40)42-20-14-21-43(35-42)44-22-15-24-47(36-44)56-58-55(41-17-8-7-9-18-41)59-57(60-56)48-25-16-23-45(37-48)53-38-46-19-10-13-28-52(46)61-53/h7-38H,4-6H2,1-3H3. The summed E-state index contributed by atoms with van der Waals surface area (Å²) in [5.41, 5.74) is 11.7. The summed E-state index contributed by atoms with van der Waals surface area (Å²) in [5, 5.41) is 5.46. The summed E-state index contributed by atoms with van der Waals surface area (Å²) >= 11 is 0. The number of rotatable bonds is 11. The maximum atomic E-state index is 6.23. The molecule has 0 saturated heterocycles. The quantitative estimate of drug-likeness (QED) is 0.122. The van der Waals surface area contributed by atoms with Crippen molar-refractivity contribution < 1.29 is 4.42 Å². The van der Waals surface area contributed by atoms with Crippen molar-refractivity contribution in [2.24, 2.45) is 0 Å². The molecule has 0 aliphatic carbocycles. The Bertz CT molecular complexity index is 3160. The zero-order valence-electron chi connectivity index (χ0n) is 35.3. The predicted molar refractivity (Wildman–Crippen MR) is 262 cm³/mol. The van der Waals surface area contributed by atoms with E-state index in [1.807, 2.05) is 60.7 Å². The number of para-hydroxylation sites is 1. The Morgan fingerprint density at radius 1 is 0.371 bits per heavy atom. The number of furan rings is 1. The first-order valence-corrected chi connectivity index (χ1v) is 24.4. The van der Waals surface area contributed by atoms with Gasteiger partial charge in [-0.1, -0.05) is 208 Å². The Morgan fingerprint density at radius 2 is 0.855 bits per heavy atom. The van der Waals surface area contributed by atoms with Gasteiger partial charge in [-0.15, -0.1) is 0 Å². The number of hydrogen-bond donors (Lipinski definition) is 0. The topological polar surface area (TPSA) is 51.8 Å². The number of benzene rings is 8. The van der Waals surface area contributed by atoms with E-state index in [-0.39, 0.29) is 0 Å². The molecule has 0 unspecified atom stereocenters. The molecule has 4 nitrogen and oxygen atoms in total. The van der Waals surface area contributed by atoms with E-state index in [0.717, 1.165) is 50.1 Å². The zero-order valence-corrected chi connectivity index (χ0v) is 36.3. The van der Waals surface area contributed by atoms with Crippen LogP contribution in [0.25, 0.3) is 101 Å². The molecule has 2 heterocycles. The fourth-order valence-electron chi connectivity index (χ4n) is 9.18. The second-order valence-electron chi connectivity index (χ2n) is 16.2. The van der Waals surface area contributed by atoms with Crippen LogP contribution in [0, 0.1) is 0 Å². The van der Waals surface area contributed by atoms with Crippen molar-refractivity contribution in [1.29, 1.82) is 0 Å². The lowest BCUT2D eigenvalue weighted by atomic mass is 9.94. The molecule has 0 spiro atoms. The largest absolute Gasteiger partial charge is 0.456 e. The minimum Gasteiger partial charge on any atom is -0.456 e. The molecule has 5 heteroatoms. The van der Waals surface area contributed by atoms with Gasteiger partial charge in [0.1, 0.15) is 11.3 Å². The summed E-state index contributed by atoms with van der Waals surface area (Å²) in [6, 6.07) is 72.6. The number of hydrogen-bond acceptors (Lipinski definition) is 4. The van der Waals surface area contributed by atoms with E-state index >= 15 is 0 Å². The highest BCUT2D eigenvalue weighted by atomic mass is 28.3. The van der Waals surface area contributed by atoms with Gasteiger partial charge in [-0.3, -0.25) is 0 Å². The summed E-state index contributed by atoms with van der Waals surface area (Å²) in [6.07, 6.45) is 0. The second kappa shape index (κ2) is 16.7. The average molecular weight is 818 g/mol. The lowest BCUT2D eigenvalue weighted by Crippen LogP contribution is -2.46. The first kappa shape index (κ1) is 39.0. The van der Waals surface area contributed by atoms with Crippen molar-refractivity contribution in [3.8, 4) is 78.9 Å². The Balaban J connectivity index is 0.976. The molecule has 0 atom stereocenters. The number of aromatic nitrogens is 3. The fraction of sp³-hybridized carbons (Fsp3) is 0.105. The van der Waals surface area contributed by atoms with E-state index in [9.17, 15) is 0 Å². The van der Waals surface area contributed by atoms with Crippen LogP contribution in [0.4, 0.5) is 0 Å². The average Bonchev–Trinajstić information content (AvgIpc) is 3.80. The highest BCUT2D eigenvalue weighted by Crippen LogP contribution is 2.36. The molecule has 300 valence electrons. The van der Waals surface area contributed by atoms with Gasteiger partial charge in [0.05, 0.1) is 8.07 Å². The second-order valence-corrected chi connectivity index (χ2v) is 21.4. The van der Waals surface area contributed by atoms with Gasteiger partial charge in [-0.25, -0.2) is 15.0 Å². The van der Waals surface area contributed by atoms with Gasteiger partial charge < -0.3 is 4.42 Å². The van der Waals surface area contributed by atoms with Gasteiger partial charge in [-0.05, 0) is 74.5 Å². The number of fused-ring (bicyclic) bond motifs is 2. The van der Waals surface area contributed by atoms with Crippen molar-refractivity contribution in [3.05, 3.63) is 194 Å². The maximum absolute atomic E-state index is 6.23. The predicted octanol–water partition coefficient (Wildman–Crippen LogP) is 15.2. The first-order valence-electron chi connectivity index (χ1n) is 21.8. The van der Waals surface area contributed by atoms with Crippen molar-refractivity contribution >= 4 is 35.0 Å². The summed E-state index contributed by atoms with van der Waals surface area (Å²) in [7, 11) is -1.56. The van der Waals surface area contributed by atoms with Crippen LogP contribution < -0.4 is 5.19 Å². The van der Waals surface area contributed by atoms with Crippen LogP contribution in [0.5, 0.6) is 0 Å². The molecule has 62 heavy (non-hydrogen) atoms. The molecule has 8 aromatic carbocycles. The van der Waals surface area contributed by atoms with E-state index in [1.54, 1.807) is 5.19 Å². The first-order chi connectivity index (χ1) is 30.5. The van der Waals surface area contributed by atoms with Crippen LogP contribution in [0.1, 0.15) is 20.8 Å². The molecule has 0 radical (unpaired) electrons. The molecular formula is C57H47N3OSi. The summed E-state index contributed by atoms with van der Waals surface area (Å²) in [4.78, 5) is 15.2. The molecule has 10 rings (SSSR count). The smallest absolute Gasteiger partial charge is 0.164 e. The van der Waals surface area contributed by atoms with Crippen LogP contribution in [-0.2, 0) is 0 Å². The normalized spacial score (nSPS) is 11.7. The van der Waals surface area contributed by atoms with E-state index in [4.69, 9.17) is 19.4 Å². The molecule has 0 aliphatic heterocycles. The van der Waals surface area contributed by atoms with Gasteiger partial charge in [0.2, 0.25) is 0 Å². The summed E-state index contributed by atoms with van der Waals surface area (Å²) in [6.45, 7) is 7.18. The van der Waals surface area contributed by atoms with Gasteiger partial charge in [-0.2, -0.15) is 0 Å².